The fraction of sp³-hybridized carbons (Fsp3) is 0.400. The fourth-order valence-electron chi connectivity index (χ4n) is 1.41. The second-order valence-electron chi connectivity index (χ2n) is 3.33. The van der Waals surface area contributed by atoms with Gasteiger partial charge in [-0.1, -0.05) is 17.7 Å². The lowest BCUT2D eigenvalue weighted by atomic mass is 10.2. The maximum absolute atomic E-state index is 5.89. The molecule has 15 heavy (non-hydrogen) atoms. The predicted octanol–water partition coefficient (Wildman–Crippen LogP) is 2.48. The van der Waals surface area contributed by atoms with Crippen molar-refractivity contribution in [1.82, 2.24) is 0 Å². The van der Waals surface area contributed by atoms with E-state index < -0.39 is 0 Å². The van der Waals surface area contributed by atoms with E-state index >= 15 is 0 Å². The van der Waals surface area contributed by atoms with Crippen molar-refractivity contribution in [2.45, 2.75) is 12.4 Å². The van der Waals surface area contributed by atoms with E-state index in [4.69, 9.17) is 26.8 Å². The van der Waals surface area contributed by atoms with E-state index in [1.165, 1.54) is 0 Å². The van der Waals surface area contributed by atoms with Crippen molar-refractivity contribution in [3.8, 4) is 0 Å². The second-order valence-corrected chi connectivity index (χ2v) is 4.59. The summed E-state index contributed by atoms with van der Waals surface area (Å²) in [4.78, 5) is 0. The van der Waals surface area contributed by atoms with Crippen molar-refractivity contribution in [3.05, 3.63) is 33.3 Å². The molecule has 0 aromatic heterocycles. The minimum Gasteiger partial charge on any atom is -0.346 e. The molecule has 0 saturated carbocycles. The number of ether oxygens (including phenoxy) is 2. The summed E-state index contributed by atoms with van der Waals surface area (Å²) in [6.45, 7) is 1.02. The zero-order valence-corrected chi connectivity index (χ0v) is 10.3. The molecule has 1 aliphatic rings. The van der Waals surface area contributed by atoms with Gasteiger partial charge in [0, 0.05) is 16.6 Å². The lowest BCUT2D eigenvalue weighted by molar-refractivity contribution is -0.0585. The van der Waals surface area contributed by atoms with Crippen molar-refractivity contribution in [2.24, 2.45) is 5.73 Å². The van der Waals surface area contributed by atoms with Gasteiger partial charge in [0.25, 0.3) is 0 Å². The lowest BCUT2D eigenvalue weighted by Crippen LogP contribution is -2.21. The van der Waals surface area contributed by atoms with Gasteiger partial charge in [-0.15, -0.1) is 0 Å². The van der Waals surface area contributed by atoms with Gasteiger partial charge in [-0.2, -0.15) is 0 Å². The minimum atomic E-state index is -0.327. The van der Waals surface area contributed by atoms with E-state index in [1.54, 1.807) is 0 Å². The molecule has 1 heterocycles. The van der Waals surface area contributed by atoms with Crippen LogP contribution in [0.5, 0.6) is 0 Å². The summed E-state index contributed by atoms with van der Waals surface area (Å²) in [7, 11) is 0. The Hall–Kier alpha value is -0.130. The summed E-state index contributed by atoms with van der Waals surface area (Å²) >= 11 is 9.25. The molecule has 0 amide bonds. The largest absolute Gasteiger partial charge is 0.346 e. The van der Waals surface area contributed by atoms with Gasteiger partial charge in [-0.25, -0.2) is 0 Å². The Morgan fingerprint density at radius 3 is 2.93 bits per heavy atom. The van der Waals surface area contributed by atoms with Gasteiger partial charge in [-0.05, 0) is 28.1 Å². The Bertz CT molecular complexity index is 361. The Morgan fingerprint density at radius 1 is 1.53 bits per heavy atom. The Balaban J connectivity index is 2.13. The fourth-order valence-corrected chi connectivity index (χ4v) is 1.92. The summed E-state index contributed by atoms with van der Waals surface area (Å²) in [5.41, 5.74) is 6.44. The summed E-state index contributed by atoms with van der Waals surface area (Å²) in [6.07, 6.45) is -0.337. The van der Waals surface area contributed by atoms with Gasteiger partial charge in [0.2, 0.25) is 0 Å². The standard InChI is InChI=1S/C10H11BrClNO2/c11-8-3-6(1-2-9(8)12)10-14-5-7(4-13)15-10/h1-3,7,10H,4-5,13H2. The van der Waals surface area contributed by atoms with Crippen LogP contribution in [-0.2, 0) is 9.47 Å². The third-order valence-corrected chi connectivity index (χ3v) is 3.44. The van der Waals surface area contributed by atoms with Gasteiger partial charge in [0.1, 0.15) is 0 Å². The van der Waals surface area contributed by atoms with Crippen molar-refractivity contribution in [1.29, 1.82) is 0 Å². The molecule has 2 rings (SSSR count). The molecule has 1 aromatic carbocycles. The third kappa shape index (κ3) is 2.52. The summed E-state index contributed by atoms with van der Waals surface area (Å²) in [6, 6.07) is 5.59. The van der Waals surface area contributed by atoms with Crippen LogP contribution in [0.1, 0.15) is 11.9 Å². The third-order valence-electron chi connectivity index (χ3n) is 2.23. The molecule has 0 bridgehead atoms. The van der Waals surface area contributed by atoms with Crippen LogP contribution < -0.4 is 5.73 Å². The molecule has 3 nitrogen and oxygen atoms in total. The molecule has 1 saturated heterocycles. The van der Waals surface area contributed by atoms with Crippen molar-refractivity contribution in [2.75, 3.05) is 13.2 Å². The van der Waals surface area contributed by atoms with E-state index in [0.29, 0.717) is 18.2 Å². The number of hydrogen-bond donors (Lipinski definition) is 1. The first kappa shape index (κ1) is 11.4. The molecule has 0 aliphatic carbocycles. The average Bonchev–Trinajstić information content (AvgIpc) is 2.70. The van der Waals surface area contributed by atoms with Crippen LogP contribution in [0.25, 0.3) is 0 Å². The number of rotatable bonds is 2. The van der Waals surface area contributed by atoms with Gasteiger partial charge < -0.3 is 15.2 Å². The monoisotopic (exact) mass is 291 g/mol. The quantitative estimate of drug-likeness (QED) is 0.911. The van der Waals surface area contributed by atoms with Gasteiger partial charge in [0.05, 0.1) is 17.7 Å². The smallest absolute Gasteiger partial charge is 0.184 e. The topological polar surface area (TPSA) is 44.5 Å². The predicted molar refractivity (Wildman–Crippen MR) is 61.8 cm³/mol. The van der Waals surface area contributed by atoms with Crippen LogP contribution in [0.2, 0.25) is 5.02 Å². The van der Waals surface area contributed by atoms with Crippen LogP contribution in [0.15, 0.2) is 22.7 Å². The highest BCUT2D eigenvalue weighted by Crippen LogP contribution is 2.31. The molecule has 0 radical (unpaired) electrons. The summed E-state index contributed by atoms with van der Waals surface area (Å²) < 4.78 is 11.9. The molecule has 2 unspecified atom stereocenters. The molecule has 0 spiro atoms. The molecular weight excluding hydrogens is 281 g/mol. The van der Waals surface area contributed by atoms with Crippen molar-refractivity contribution in [3.63, 3.8) is 0 Å². The highest BCUT2D eigenvalue weighted by molar-refractivity contribution is 9.10. The molecule has 82 valence electrons. The van der Waals surface area contributed by atoms with Gasteiger partial charge >= 0.3 is 0 Å². The number of hydrogen-bond acceptors (Lipinski definition) is 3. The van der Waals surface area contributed by atoms with Gasteiger partial charge in [-0.3, -0.25) is 0 Å². The van der Waals surface area contributed by atoms with Gasteiger partial charge in [0.15, 0.2) is 6.29 Å². The first-order valence-corrected chi connectivity index (χ1v) is 5.80. The zero-order chi connectivity index (χ0) is 10.8. The Labute approximate surface area is 102 Å². The Morgan fingerprint density at radius 2 is 2.33 bits per heavy atom. The zero-order valence-electron chi connectivity index (χ0n) is 7.95. The normalized spacial score (nSPS) is 25.8. The SMILES string of the molecule is NCC1COC(c2ccc(Cl)c(Br)c2)O1. The highest BCUT2D eigenvalue weighted by atomic mass is 79.9. The van der Waals surface area contributed by atoms with E-state index in [2.05, 4.69) is 15.9 Å². The van der Waals surface area contributed by atoms with E-state index in [0.717, 1.165) is 10.0 Å². The van der Waals surface area contributed by atoms with E-state index in [-0.39, 0.29) is 12.4 Å². The van der Waals surface area contributed by atoms with Crippen LogP contribution in [0.4, 0.5) is 0 Å². The average molecular weight is 293 g/mol. The summed E-state index contributed by atoms with van der Waals surface area (Å²) in [5, 5.41) is 0.673. The van der Waals surface area contributed by atoms with Crippen molar-refractivity contribution < 1.29 is 9.47 Å². The molecule has 1 aromatic rings. The molecule has 1 aliphatic heterocycles. The van der Waals surface area contributed by atoms with E-state index in [1.807, 2.05) is 18.2 Å². The number of halogens is 2. The number of benzene rings is 1. The molecule has 2 N–H and O–H groups in total. The highest BCUT2D eigenvalue weighted by Gasteiger charge is 2.26. The number of nitrogens with two attached hydrogens (primary N) is 1. The van der Waals surface area contributed by atoms with Crippen LogP contribution in [-0.4, -0.2) is 19.3 Å². The second kappa shape index (κ2) is 4.80. The Kier molecular flexibility index (Phi) is 3.64. The molecule has 2 atom stereocenters. The van der Waals surface area contributed by atoms with Crippen LogP contribution >= 0.6 is 27.5 Å². The lowest BCUT2D eigenvalue weighted by Gasteiger charge is -2.11. The maximum Gasteiger partial charge on any atom is 0.184 e. The van der Waals surface area contributed by atoms with E-state index in [9.17, 15) is 0 Å². The first-order chi connectivity index (χ1) is 7.20. The molecular formula is C10H11BrClNO2. The summed E-state index contributed by atoms with van der Waals surface area (Å²) in [5.74, 6) is 0. The minimum absolute atomic E-state index is 0.00977. The van der Waals surface area contributed by atoms with Crippen LogP contribution in [0.3, 0.4) is 0 Å². The molecule has 1 fully saturated rings. The first-order valence-electron chi connectivity index (χ1n) is 4.63. The molecule has 5 heteroatoms. The van der Waals surface area contributed by atoms with Crippen LogP contribution in [0, 0.1) is 0 Å². The van der Waals surface area contributed by atoms with Crippen molar-refractivity contribution >= 4 is 27.5 Å². The maximum atomic E-state index is 5.89.